The maximum absolute atomic E-state index is 12.4. The number of hydrogen-bond acceptors (Lipinski definition) is 5. The van der Waals surface area contributed by atoms with Crippen molar-refractivity contribution >= 4 is 29.2 Å². The number of nitrogens with one attached hydrogen (secondary N) is 2. The van der Waals surface area contributed by atoms with Crippen LogP contribution in [0.15, 0.2) is 60.7 Å². The number of ether oxygens (including phenoxy) is 2. The van der Waals surface area contributed by atoms with Gasteiger partial charge in [0, 0.05) is 16.9 Å². The third-order valence-corrected chi connectivity index (χ3v) is 4.76. The largest absolute Gasteiger partial charge is 0.494 e. The van der Waals surface area contributed by atoms with Crippen LogP contribution in [0.1, 0.15) is 36.5 Å². The van der Waals surface area contributed by atoms with Crippen molar-refractivity contribution in [1.29, 1.82) is 0 Å². The SMILES string of the molecule is CCOc1ccc(NC(=O)c2ccc(NC(=O)COC(=O)C[C@@H]3C=CCC3)cc2)cc1. The van der Waals surface area contributed by atoms with Gasteiger partial charge in [0.25, 0.3) is 11.8 Å². The molecule has 0 spiro atoms. The molecular weight excluding hydrogens is 396 g/mol. The normalized spacial score (nSPS) is 14.7. The minimum Gasteiger partial charge on any atom is -0.494 e. The van der Waals surface area contributed by atoms with Gasteiger partial charge in [-0.25, -0.2) is 0 Å². The van der Waals surface area contributed by atoms with E-state index >= 15 is 0 Å². The van der Waals surface area contributed by atoms with Crippen LogP contribution in [0.4, 0.5) is 11.4 Å². The van der Waals surface area contributed by atoms with Crippen LogP contribution < -0.4 is 15.4 Å². The van der Waals surface area contributed by atoms with Crippen LogP contribution in [0, 0.1) is 5.92 Å². The zero-order valence-corrected chi connectivity index (χ0v) is 17.4. The minimum atomic E-state index is -0.429. The van der Waals surface area contributed by atoms with E-state index in [2.05, 4.69) is 10.6 Å². The predicted octanol–water partition coefficient (Wildman–Crippen LogP) is 4.18. The lowest BCUT2D eigenvalue weighted by Gasteiger charge is -2.10. The van der Waals surface area contributed by atoms with Crippen LogP contribution in [0.25, 0.3) is 0 Å². The highest BCUT2D eigenvalue weighted by molar-refractivity contribution is 6.04. The topological polar surface area (TPSA) is 93.7 Å². The number of anilines is 2. The summed E-state index contributed by atoms with van der Waals surface area (Å²) in [7, 11) is 0. The molecule has 0 unspecified atom stereocenters. The first kappa shape index (κ1) is 22.1. The van der Waals surface area contributed by atoms with Gasteiger partial charge in [-0.3, -0.25) is 14.4 Å². The van der Waals surface area contributed by atoms with Gasteiger partial charge in [0.2, 0.25) is 0 Å². The molecule has 2 amide bonds. The molecule has 1 aliphatic rings. The second kappa shape index (κ2) is 11.0. The lowest BCUT2D eigenvalue weighted by Crippen LogP contribution is -2.21. The maximum Gasteiger partial charge on any atom is 0.306 e. The molecule has 0 aromatic heterocycles. The van der Waals surface area contributed by atoms with Gasteiger partial charge in [-0.15, -0.1) is 0 Å². The van der Waals surface area contributed by atoms with Gasteiger partial charge in [-0.05, 0) is 74.2 Å². The van der Waals surface area contributed by atoms with Gasteiger partial charge in [0.05, 0.1) is 13.0 Å². The quantitative estimate of drug-likeness (QED) is 0.467. The first-order chi connectivity index (χ1) is 15.0. The fraction of sp³-hybridized carbons (Fsp3) is 0.292. The zero-order valence-electron chi connectivity index (χ0n) is 17.4. The van der Waals surface area contributed by atoms with Crippen molar-refractivity contribution in [2.24, 2.45) is 5.92 Å². The van der Waals surface area contributed by atoms with Crippen molar-refractivity contribution in [3.05, 3.63) is 66.2 Å². The third kappa shape index (κ3) is 6.99. The Balaban J connectivity index is 1.44. The highest BCUT2D eigenvalue weighted by Crippen LogP contribution is 2.21. The van der Waals surface area contributed by atoms with Crippen molar-refractivity contribution in [3.8, 4) is 5.75 Å². The van der Waals surface area contributed by atoms with E-state index in [0.29, 0.717) is 30.0 Å². The molecule has 7 nitrogen and oxygen atoms in total. The molecular formula is C24H26N2O5. The van der Waals surface area contributed by atoms with Crippen molar-refractivity contribution in [3.63, 3.8) is 0 Å². The summed E-state index contributed by atoms with van der Waals surface area (Å²) in [4.78, 5) is 36.2. The molecule has 1 atom stereocenters. The van der Waals surface area contributed by atoms with Gasteiger partial charge in [-0.2, -0.15) is 0 Å². The Labute approximate surface area is 181 Å². The van der Waals surface area contributed by atoms with E-state index < -0.39 is 5.91 Å². The van der Waals surface area contributed by atoms with Gasteiger partial charge in [0.1, 0.15) is 5.75 Å². The van der Waals surface area contributed by atoms with Crippen LogP contribution >= 0.6 is 0 Å². The Hall–Kier alpha value is -3.61. The molecule has 2 aromatic carbocycles. The standard InChI is InChI=1S/C24H26N2O5/c1-2-30-21-13-11-20(12-14-21)26-24(29)18-7-9-19(10-8-18)25-22(27)16-31-23(28)15-17-5-3-4-6-17/h3,5,7-14,17H,2,4,6,15-16H2,1H3,(H,25,27)(H,26,29)/t17-/m1/s1. The van der Waals surface area contributed by atoms with Gasteiger partial charge >= 0.3 is 5.97 Å². The summed E-state index contributed by atoms with van der Waals surface area (Å²) in [5.74, 6) is -0.134. The monoisotopic (exact) mass is 422 g/mol. The molecule has 3 rings (SSSR count). The van der Waals surface area contributed by atoms with E-state index in [1.807, 2.05) is 19.1 Å². The van der Waals surface area contributed by atoms with E-state index in [9.17, 15) is 14.4 Å². The summed E-state index contributed by atoms with van der Waals surface area (Å²) in [6.07, 6.45) is 6.27. The van der Waals surface area contributed by atoms with E-state index in [1.165, 1.54) is 0 Å². The first-order valence-electron chi connectivity index (χ1n) is 10.3. The Kier molecular flexibility index (Phi) is 7.81. The molecule has 2 aromatic rings. The van der Waals surface area contributed by atoms with E-state index in [1.54, 1.807) is 48.5 Å². The molecule has 7 heteroatoms. The summed E-state index contributed by atoms with van der Waals surface area (Å²) < 4.78 is 10.4. The number of carbonyl (C=O) groups excluding carboxylic acids is 3. The van der Waals surface area contributed by atoms with Crippen molar-refractivity contribution in [1.82, 2.24) is 0 Å². The van der Waals surface area contributed by atoms with Crippen molar-refractivity contribution < 1.29 is 23.9 Å². The maximum atomic E-state index is 12.4. The summed E-state index contributed by atoms with van der Waals surface area (Å²) in [6.45, 7) is 2.15. The molecule has 0 fully saturated rings. The molecule has 0 radical (unpaired) electrons. The van der Waals surface area contributed by atoms with Crippen LogP contribution in [0.3, 0.4) is 0 Å². The number of allylic oxidation sites excluding steroid dienone is 2. The van der Waals surface area contributed by atoms with Crippen LogP contribution in [-0.2, 0) is 14.3 Å². The van der Waals surface area contributed by atoms with Crippen molar-refractivity contribution in [2.45, 2.75) is 26.2 Å². The lowest BCUT2D eigenvalue weighted by molar-refractivity contribution is -0.147. The Morgan fingerprint density at radius 1 is 0.968 bits per heavy atom. The number of esters is 1. The molecule has 0 saturated carbocycles. The zero-order chi connectivity index (χ0) is 22.1. The Morgan fingerprint density at radius 2 is 1.65 bits per heavy atom. The second-order valence-corrected chi connectivity index (χ2v) is 7.17. The van der Waals surface area contributed by atoms with Crippen molar-refractivity contribution in [2.75, 3.05) is 23.8 Å². The predicted molar refractivity (Wildman–Crippen MR) is 118 cm³/mol. The second-order valence-electron chi connectivity index (χ2n) is 7.17. The number of rotatable bonds is 9. The first-order valence-corrected chi connectivity index (χ1v) is 10.3. The summed E-state index contributed by atoms with van der Waals surface area (Å²) in [5.41, 5.74) is 1.61. The molecule has 0 saturated heterocycles. The average molecular weight is 422 g/mol. The summed E-state index contributed by atoms with van der Waals surface area (Å²) >= 11 is 0. The fourth-order valence-corrected chi connectivity index (χ4v) is 3.19. The van der Waals surface area contributed by atoms with Gasteiger partial charge in [0.15, 0.2) is 6.61 Å². The molecule has 162 valence electrons. The number of amides is 2. The van der Waals surface area contributed by atoms with E-state index in [0.717, 1.165) is 18.6 Å². The van der Waals surface area contributed by atoms with E-state index in [4.69, 9.17) is 9.47 Å². The number of hydrogen-bond donors (Lipinski definition) is 2. The summed E-state index contributed by atoms with van der Waals surface area (Å²) in [6, 6.07) is 13.6. The lowest BCUT2D eigenvalue weighted by atomic mass is 10.1. The molecule has 0 bridgehead atoms. The van der Waals surface area contributed by atoms with Gasteiger partial charge in [-0.1, -0.05) is 12.2 Å². The number of carbonyl (C=O) groups is 3. The van der Waals surface area contributed by atoms with E-state index in [-0.39, 0.29) is 24.4 Å². The van der Waals surface area contributed by atoms with Crippen LogP contribution in [-0.4, -0.2) is 31.0 Å². The Bertz CT molecular complexity index is 935. The van der Waals surface area contributed by atoms with Crippen LogP contribution in [0.2, 0.25) is 0 Å². The highest BCUT2D eigenvalue weighted by atomic mass is 16.5. The smallest absolute Gasteiger partial charge is 0.306 e. The molecule has 1 aliphatic carbocycles. The van der Waals surface area contributed by atoms with Crippen LogP contribution in [0.5, 0.6) is 5.75 Å². The number of benzene rings is 2. The highest BCUT2D eigenvalue weighted by Gasteiger charge is 2.16. The van der Waals surface area contributed by atoms with Gasteiger partial charge < -0.3 is 20.1 Å². The minimum absolute atomic E-state index is 0.205. The fourth-order valence-electron chi connectivity index (χ4n) is 3.19. The molecule has 0 aliphatic heterocycles. The molecule has 31 heavy (non-hydrogen) atoms. The third-order valence-electron chi connectivity index (χ3n) is 4.76. The molecule has 0 heterocycles. The Morgan fingerprint density at radius 3 is 2.29 bits per heavy atom. The average Bonchev–Trinajstić information content (AvgIpc) is 3.27. The summed E-state index contributed by atoms with van der Waals surface area (Å²) in [5, 5.41) is 5.46. The molecule has 2 N–H and O–H groups in total.